The summed E-state index contributed by atoms with van der Waals surface area (Å²) < 4.78 is 12.9. The smallest absolute Gasteiger partial charge is 0.241 e. The number of halogens is 1. The normalized spacial score (nSPS) is 16.5. The second-order valence-electron chi connectivity index (χ2n) is 6.21. The van der Waals surface area contributed by atoms with Crippen molar-refractivity contribution in [3.05, 3.63) is 54.3 Å². The third kappa shape index (κ3) is 4.28. The number of nitrogens with one attached hydrogen (secondary N) is 1. The second kappa shape index (κ2) is 7.53. The molecule has 0 bridgehead atoms. The number of amides is 1. The first kappa shape index (κ1) is 17.2. The van der Waals surface area contributed by atoms with Crippen LogP contribution in [0.1, 0.15) is 6.92 Å². The molecule has 1 fully saturated rings. The summed E-state index contributed by atoms with van der Waals surface area (Å²) in [6, 6.07) is 12.7. The number of anilines is 2. The van der Waals surface area contributed by atoms with E-state index in [-0.39, 0.29) is 23.5 Å². The Bertz CT molecular complexity index is 710. The number of phenols is 1. The molecule has 3 rings (SSSR count). The van der Waals surface area contributed by atoms with Gasteiger partial charge in [-0.05, 0) is 55.5 Å². The maximum absolute atomic E-state index is 12.9. The van der Waals surface area contributed by atoms with Gasteiger partial charge in [0.1, 0.15) is 11.6 Å². The van der Waals surface area contributed by atoms with Crippen molar-refractivity contribution in [1.82, 2.24) is 4.90 Å². The maximum atomic E-state index is 12.9. The number of benzene rings is 2. The summed E-state index contributed by atoms with van der Waals surface area (Å²) in [5.41, 5.74) is 1.67. The van der Waals surface area contributed by atoms with Gasteiger partial charge in [-0.25, -0.2) is 4.39 Å². The second-order valence-corrected chi connectivity index (χ2v) is 6.21. The summed E-state index contributed by atoms with van der Waals surface area (Å²) >= 11 is 0. The van der Waals surface area contributed by atoms with Crippen LogP contribution >= 0.6 is 0 Å². The first-order valence-corrected chi connectivity index (χ1v) is 8.37. The number of hydrogen-bond donors (Lipinski definition) is 2. The molecule has 1 amide bonds. The predicted molar refractivity (Wildman–Crippen MR) is 96.4 cm³/mol. The predicted octanol–water partition coefficient (Wildman–Crippen LogP) is 2.68. The van der Waals surface area contributed by atoms with Gasteiger partial charge in [0.25, 0.3) is 0 Å². The van der Waals surface area contributed by atoms with E-state index in [0.717, 1.165) is 31.9 Å². The van der Waals surface area contributed by atoms with Gasteiger partial charge < -0.3 is 15.3 Å². The highest BCUT2D eigenvalue weighted by Crippen LogP contribution is 2.20. The molecule has 0 spiro atoms. The van der Waals surface area contributed by atoms with Gasteiger partial charge in [-0.15, -0.1) is 0 Å². The van der Waals surface area contributed by atoms with Crippen LogP contribution in [0.2, 0.25) is 0 Å². The monoisotopic (exact) mass is 343 g/mol. The average molecular weight is 343 g/mol. The lowest BCUT2D eigenvalue weighted by molar-refractivity contribution is -0.120. The molecular weight excluding hydrogens is 321 g/mol. The van der Waals surface area contributed by atoms with Crippen molar-refractivity contribution in [2.24, 2.45) is 0 Å². The molecule has 2 aromatic rings. The van der Waals surface area contributed by atoms with E-state index < -0.39 is 0 Å². The van der Waals surface area contributed by atoms with Crippen molar-refractivity contribution < 1.29 is 14.3 Å². The Morgan fingerprint density at radius 3 is 2.24 bits per heavy atom. The number of nitrogens with zero attached hydrogens (tertiary/aromatic N) is 2. The highest BCUT2D eigenvalue weighted by Gasteiger charge is 2.25. The fourth-order valence-electron chi connectivity index (χ4n) is 2.98. The number of rotatable bonds is 4. The number of aromatic hydroxyl groups is 1. The highest BCUT2D eigenvalue weighted by atomic mass is 19.1. The summed E-state index contributed by atoms with van der Waals surface area (Å²) in [6.07, 6.45) is 0. The molecule has 1 aliphatic heterocycles. The molecule has 6 heteroatoms. The highest BCUT2D eigenvalue weighted by molar-refractivity contribution is 5.94. The Balaban J connectivity index is 1.53. The van der Waals surface area contributed by atoms with Gasteiger partial charge in [-0.3, -0.25) is 9.69 Å². The quantitative estimate of drug-likeness (QED) is 0.896. The molecule has 0 radical (unpaired) electrons. The van der Waals surface area contributed by atoms with Gasteiger partial charge in [0, 0.05) is 37.6 Å². The zero-order valence-corrected chi connectivity index (χ0v) is 14.2. The Labute approximate surface area is 146 Å². The summed E-state index contributed by atoms with van der Waals surface area (Å²) in [5.74, 6) is -0.158. The minimum absolute atomic E-state index is 0.0929. The number of hydrogen-bond acceptors (Lipinski definition) is 4. The van der Waals surface area contributed by atoms with Crippen LogP contribution < -0.4 is 10.2 Å². The van der Waals surface area contributed by atoms with Crippen LogP contribution in [0, 0.1) is 5.82 Å². The van der Waals surface area contributed by atoms with E-state index in [1.807, 2.05) is 19.1 Å². The molecule has 2 N–H and O–H groups in total. The minimum atomic E-state index is -0.323. The number of carbonyl (C=O) groups excluding carboxylic acids is 1. The van der Waals surface area contributed by atoms with Crippen molar-refractivity contribution >= 4 is 17.3 Å². The number of piperazine rings is 1. The zero-order chi connectivity index (χ0) is 17.8. The van der Waals surface area contributed by atoms with Gasteiger partial charge >= 0.3 is 0 Å². The van der Waals surface area contributed by atoms with E-state index in [2.05, 4.69) is 15.1 Å². The molecule has 1 heterocycles. The van der Waals surface area contributed by atoms with Gasteiger partial charge in [0.15, 0.2) is 0 Å². The van der Waals surface area contributed by atoms with Crippen LogP contribution in [-0.2, 0) is 4.79 Å². The van der Waals surface area contributed by atoms with Crippen LogP contribution in [0.3, 0.4) is 0 Å². The van der Waals surface area contributed by atoms with Crippen molar-refractivity contribution in [3.8, 4) is 5.75 Å². The van der Waals surface area contributed by atoms with Crippen LogP contribution in [0.5, 0.6) is 5.75 Å². The zero-order valence-electron chi connectivity index (χ0n) is 14.2. The molecule has 1 aliphatic rings. The van der Waals surface area contributed by atoms with Gasteiger partial charge in [-0.2, -0.15) is 0 Å². The molecule has 132 valence electrons. The van der Waals surface area contributed by atoms with Crippen molar-refractivity contribution in [2.75, 3.05) is 36.4 Å². The lowest BCUT2D eigenvalue weighted by Crippen LogP contribution is -2.52. The molecule has 2 aromatic carbocycles. The standard InChI is InChI=1S/C19H22FN3O2/c1-14(19(25)21-16-4-2-15(20)3-5-16)22-10-12-23(13-11-22)17-6-8-18(24)9-7-17/h2-9,14,24H,10-13H2,1H3,(H,21,25)/t14-/m0/s1. The fourth-order valence-corrected chi connectivity index (χ4v) is 2.98. The molecule has 0 aromatic heterocycles. The van der Waals surface area contributed by atoms with E-state index in [1.165, 1.54) is 12.1 Å². The van der Waals surface area contributed by atoms with Crippen LogP contribution in [-0.4, -0.2) is 48.1 Å². The van der Waals surface area contributed by atoms with E-state index in [4.69, 9.17) is 0 Å². The molecule has 25 heavy (non-hydrogen) atoms. The summed E-state index contributed by atoms with van der Waals surface area (Å²) in [7, 11) is 0. The van der Waals surface area contributed by atoms with Gasteiger partial charge in [-0.1, -0.05) is 0 Å². The van der Waals surface area contributed by atoms with Gasteiger partial charge in [0.05, 0.1) is 6.04 Å². The molecule has 0 aliphatic carbocycles. The van der Waals surface area contributed by atoms with Crippen LogP contribution in [0.4, 0.5) is 15.8 Å². The van der Waals surface area contributed by atoms with E-state index in [1.54, 1.807) is 24.3 Å². The van der Waals surface area contributed by atoms with Crippen molar-refractivity contribution in [3.63, 3.8) is 0 Å². The SMILES string of the molecule is C[C@@H](C(=O)Nc1ccc(F)cc1)N1CCN(c2ccc(O)cc2)CC1. The van der Waals surface area contributed by atoms with Crippen LogP contribution in [0.15, 0.2) is 48.5 Å². The fraction of sp³-hybridized carbons (Fsp3) is 0.316. The Hall–Kier alpha value is -2.60. The third-order valence-corrected chi connectivity index (χ3v) is 4.57. The van der Waals surface area contributed by atoms with E-state index in [9.17, 15) is 14.3 Å². The Morgan fingerprint density at radius 2 is 1.64 bits per heavy atom. The lowest BCUT2D eigenvalue weighted by atomic mass is 10.2. The van der Waals surface area contributed by atoms with E-state index >= 15 is 0 Å². The average Bonchev–Trinajstić information content (AvgIpc) is 2.64. The largest absolute Gasteiger partial charge is 0.508 e. The van der Waals surface area contributed by atoms with Crippen LogP contribution in [0.25, 0.3) is 0 Å². The summed E-state index contributed by atoms with van der Waals surface area (Å²) in [5, 5.41) is 12.2. The maximum Gasteiger partial charge on any atom is 0.241 e. The first-order chi connectivity index (χ1) is 12.0. The minimum Gasteiger partial charge on any atom is -0.508 e. The Kier molecular flexibility index (Phi) is 5.19. The van der Waals surface area contributed by atoms with Crippen molar-refractivity contribution in [1.29, 1.82) is 0 Å². The van der Waals surface area contributed by atoms with Crippen molar-refractivity contribution in [2.45, 2.75) is 13.0 Å². The molecule has 0 saturated carbocycles. The summed E-state index contributed by atoms with van der Waals surface area (Å²) in [4.78, 5) is 16.8. The molecule has 0 unspecified atom stereocenters. The summed E-state index contributed by atoms with van der Waals surface area (Å²) in [6.45, 7) is 5.07. The number of carbonyl (C=O) groups is 1. The van der Waals surface area contributed by atoms with E-state index in [0.29, 0.717) is 5.69 Å². The topological polar surface area (TPSA) is 55.8 Å². The first-order valence-electron chi connectivity index (χ1n) is 8.37. The Morgan fingerprint density at radius 1 is 1.04 bits per heavy atom. The molecule has 1 saturated heterocycles. The lowest BCUT2D eigenvalue weighted by Gasteiger charge is -2.38. The molecule has 1 atom stereocenters. The van der Waals surface area contributed by atoms with Gasteiger partial charge in [0.2, 0.25) is 5.91 Å². The molecule has 5 nitrogen and oxygen atoms in total. The molecular formula is C19H22FN3O2. The number of phenolic OH excluding ortho intramolecular Hbond substituents is 1. The third-order valence-electron chi connectivity index (χ3n) is 4.57.